The highest BCUT2D eigenvalue weighted by molar-refractivity contribution is 5.80. The summed E-state index contributed by atoms with van der Waals surface area (Å²) in [5.74, 6) is 0.448. The first kappa shape index (κ1) is 30.6. The van der Waals surface area contributed by atoms with E-state index in [0.29, 0.717) is 17.3 Å². The zero-order chi connectivity index (χ0) is 31.6. The minimum atomic E-state index is -1.46. The zero-order valence-electron chi connectivity index (χ0n) is 25.4. The maximum absolute atomic E-state index is 14.9. The van der Waals surface area contributed by atoms with E-state index in [9.17, 15) is 19.6 Å². The number of ether oxygens (including phenoxy) is 2. The molecule has 3 saturated heterocycles. The average molecular weight is 617 g/mol. The van der Waals surface area contributed by atoms with Gasteiger partial charge in [-0.1, -0.05) is 0 Å². The van der Waals surface area contributed by atoms with Crippen LogP contribution in [-0.4, -0.2) is 112 Å². The first-order valence-electron chi connectivity index (χ1n) is 15.2. The lowest BCUT2D eigenvalue weighted by molar-refractivity contribution is -0.143. The summed E-state index contributed by atoms with van der Waals surface area (Å²) in [5.41, 5.74) is 2.96. The molecule has 3 aromatic rings. The van der Waals surface area contributed by atoms with Gasteiger partial charge in [0.15, 0.2) is 12.0 Å². The average Bonchev–Trinajstić information content (AvgIpc) is 3.05. The summed E-state index contributed by atoms with van der Waals surface area (Å²) >= 11 is 0. The third-order valence-corrected chi connectivity index (χ3v) is 8.72. The number of piperidine rings is 1. The molecule has 0 radical (unpaired) electrons. The second-order valence-corrected chi connectivity index (χ2v) is 12.0. The number of carbonyl (C=O) groups excluding carboxylic acids is 1. The minimum absolute atomic E-state index is 0.176. The SMILES string of the molecule is CC(O)C(=O)N1CC[C@H](Oc2ccc(-c3ncnc(Nc4ccc(N5CCN(C6(C)COC6)CC5)cc4)n3)cc2C#N)[C@H](F)C1. The Morgan fingerprint density at radius 1 is 1.16 bits per heavy atom. The number of anilines is 3. The van der Waals surface area contributed by atoms with Crippen molar-refractivity contribution in [1.29, 1.82) is 5.26 Å². The molecule has 0 bridgehead atoms. The Morgan fingerprint density at radius 2 is 1.91 bits per heavy atom. The molecule has 0 saturated carbocycles. The molecule has 12 nitrogen and oxygen atoms in total. The van der Waals surface area contributed by atoms with Gasteiger partial charge in [-0.05, 0) is 56.3 Å². The molecular weight excluding hydrogens is 579 g/mol. The predicted molar refractivity (Wildman–Crippen MR) is 165 cm³/mol. The Bertz CT molecular complexity index is 1550. The Balaban J connectivity index is 1.07. The van der Waals surface area contributed by atoms with Crippen molar-refractivity contribution in [3.8, 4) is 23.2 Å². The highest BCUT2D eigenvalue weighted by Crippen LogP contribution is 2.30. The van der Waals surface area contributed by atoms with Crippen molar-refractivity contribution < 1.29 is 23.8 Å². The summed E-state index contributed by atoms with van der Waals surface area (Å²) < 4.78 is 26.2. The van der Waals surface area contributed by atoms with Crippen molar-refractivity contribution in [2.45, 2.75) is 44.2 Å². The lowest BCUT2D eigenvalue weighted by atomic mass is 9.97. The summed E-state index contributed by atoms with van der Waals surface area (Å²) in [6.45, 7) is 9.28. The van der Waals surface area contributed by atoms with Gasteiger partial charge in [-0.15, -0.1) is 0 Å². The highest BCUT2D eigenvalue weighted by Gasteiger charge is 2.40. The molecule has 0 aliphatic carbocycles. The summed E-state index contributed by atoms with van der Waals surface area (Å²) in [7, 11) is 0. The van der Waals surface area contributed by atoms with E-state index in [2.05, 4.69) is 55.2 Å². The standard InChI is InChI=1S/C32H37FN8O4/c1-21(42)30(43)40-10-9-28(26(33)17-40)45-27-8-3-22(15-23(27)16-34)29-35-20-36-31(38-29)37-24-4-6-25(7-5-24)39-11-13-41(14-12-39)32(2)18-44-19-32/h3-8,15,20-21,26,28,42H,9-14,17-19H2,1-2H3,(H,35,36,37,38)/t21?,26-,28+/m1/s1. The number of piperazine rings is 1. The molecule has 4 heterocycles. The number of nitrogens with one attached hydrogen (secondary N) is 1. The number of nitriles is 1. The summed E-state index contributed by atoms with van der Waals surface area (Å²) in [4.78, 5) is 31.3. The van der Waals surface area contributed by atoms with E-state index in [1.807, 2.05) is 12.1 Å². The molecule has 3 fully saturated rings. The normalized spacial score (nSPS) is 22.2. The smallest absolute Gasteiger partial charge is 0.251 e. The summed E-state index contributed by atoms with van der Waals surface area (Å²) in [6.07, 6.45) is -1.83. The number of halogens is 1. The quantitative estimate of drug-likeness (QED) is 0.386. The monoisotopic (exact) mass is 616 g/mol. The van der Waals surface area contributed by atoms with E-state index in [1.54, 1.807) is 18.2 Å². The molecular formula is C32H37FN8O4. The number of alkyl halides is 1. The number of carbonyl (C=O) groups is 1. The zero-order valence-corrected chi connectivity index (χ0v) is 25.4. The Morgan fingerprint density at radius 3 is 2.56 bits per heavy atom. The molecule has 3 aliphatic rings. The highest BCUT2D eigenvalue weighted by atomic mass is 19.1. The fourth-order valence-electron chi connectivity index (χ4n) is 5.97. The third-order valence-electron chi connectivity index (χ3n) is 8.72. The van der Waals surface area contributed by atoms with Gasteiger partial charge in [0.05, 0.1) is 30.9 Å². The number of rotatable bonds is 8. The second-order valence-electron chi connectivity index (χ2n) is 12.0. The van der Waals surface area contributed by atoms with Crippen LogP contribution in [0.4, 0.5) is 21.7 Å². The number of hydrogen-bond acceptors (Lipinski definition) is 11. The molecule has 6 rings (SSSR count). The third kappa shape index (κ3) is 6.68. The van der Waals surface area contributed by atoms with E-state index in [1.165, 1.54) is 18.2 Å². The maximum Gasteiger partial charge on any atom is 0.251 e. The van der Waals surface area contributed by atoms with Crippen LogP contribution in [0.15, 0.2) is 48.8 Å². The van der Waals surface area contributed by atoms with E-state index in [-0.39, 0.29) is 36.4 Å². The van der Waals surface area contributed by atoms with Gasteiger partial charge in [0.1, 0.15) is 30.4 Å². The van der Waals surface area contributed by atoms with Crippen LogP contribution in [-0.2, 0) is 9.53 Å². The number of likely N-dealkylation sites (tertiary alicyclic amines) is 1. The van der Waals surface area contributed by atoms with Crippen molar-refractivity contribution in [3.05, 3.63) is 54.4 Å². The van der Waals surface area contributed by atoms with Crippen LogP contribution >= 0.6 is 0 Å². The fourth-order valence-corrected chi connectivity index (χ4v) is 5.97. The van der Waals surface area contributed by atoms with E-state index in [4.69, 9.17) is 9.47 Å². The van der Waals surface area contributed by atoms with Crippen LogP contribution in [0.1, 0.15) is 25.8 Å². The molecule has 45 heavy (non-hydrogen) atoms. The first-order valence-corrected chi connectivity index (χ1v) is 15.2. The number of nitrogens with zero attached hydrogens (tertiary/aromatic N) is 7. The Hall–Kier alpha value is -4.38. The summed E-state index contributed by atoms with van der Waals surface area (Å²) in [5, 5.41) is 22.6. The van der Waals surface area contributed by atoms with Gasteiger partial charge in [0.25, 0.3) is 5.91 Å². The number of benzene rings is 2. The van der Waals surface area contributed by atoms with Gasteiger partial charge >= 0.3 is 0 Å². The topological polar surface area (TPSA) is 140 Å². The molecule has 3 atom stereocenters. The lowest BCUT2D eigenvalue weighted by Gasteiger charge is -2.50. The molecule has 0 spiro atoms. The van der Waals surface area contributed by atoms with Gasteiger partial charge in [0, 0.05) is 56.1 Å². The number of aliphatic hydroxyl groups is 1. The van der Waals surface area contributed by atoms with Crippen LogP contribution < -0.4 is 15.0 Å². The number of amides is 1. The summed E-state index contributed by atoms with van der Waals surface area (Å²) in [6, 6.07) is 15.2. The number of aromatic nitrogens is 3. The lowest BCUT2D eigenvalue weighted by Crippen LogP contribution is -2.64. The molecule has 1 amide bonds. The van der Waals surface area contributed by atoms with Crippen molar-refractivity contribution in [2.24, 2.45) is 0 Å². The number of aliphatic hydroxyl groups excluding tert-OH is 1. The van der Waals surface area contributed by atoms with Crippen LogP contribution in [0.25, 0.3) is 11.4 Å². The molecule has 1 aromatic heterocycles. The molecule has 2 aromatic carbocycles. The second kappa shape index (κ2) is 12.9. The Kier molecular flexibility index (Phi) is 8.80. The first-order chi connectivity index (χ1) is 21.7. The van der Waals surface area contributed by atoms with Gasteiger partial charge < -0.3 is 29.7 Å². The molecule has 1 unspecified atom stereocenters. The van der Waals surface area contributed by atoms with Crippen LogP contribution in [0.2, 0.25) is 0 Å². The fraction of sp³-hybridized carbons (Fsp3) is 0.469. The Labute approximate surface area is 261 Å². The van der Waals surface area contributed by atoms with Gasteiger partial charge in [0.2, 0.25) is 5.95 Å². The van der Waals surface area contributed by atoms with Crippen LogP contribution in [0.3, 0.4) is 0 Å². The van der Waals surface area contributed by atoms with E-state index < -0.39 is 24.3 Å². The molecule has 13 heteroatoms. The van der Waals surface area contributed by atoms with Gasteiger partial charge in [-0.2, -0.15) is 10.2 Å². The molecule has 236 valence electrons. The van der Waals surface area contributed by atoms with Crippen molar-refractivity contribution >= 4 is 23.2 Å². The molecule has 2 N–H and O–H groups in total. The number of hydrogen-bond donors (Lipinski definition) is 2. The van der Waals surface area contributed by atoms with Crippen molar-refractivity contribution in [2.75, 3.05) is 62.7 Å². The van der Waals surface area contributed by atoms with Gasteiger partial charge in [-0.25, -0.2) is 14.4 Å². The minimum Gasteiger partial charge on any atom is -0.486 e. The van der Waals surface area contributed by atoms with Crippen molar-refractivity contribution in [3.63, 3.8) is 0 Å². The predicted octanol–water partition coefficient (Wildman–Crippen LogP) is 2.76. The maximum atomic E-state index is 14.9. The van der Waals surface area contributed by atoms with Crippen LogP contribution in [0.5, 0.6) is 5.75 Å². The van der Waals surface area contributed by atoms with Crippen LogP contribution in [0, 0.1) is 11.3 Å². The molecule has 3 aliphatic heterocycles. The largest absolute Gasteiger partial charge is 0.486 e. The van der Waals surface area contributed by atoms with E-state index >= 15 is 0 Å². The van der Waals surface area contributed by atoms with Crippen molar-refractivity contribution in [1.82, 2.24) is 24.8 Å². The van der Waals surface area contributed by atoms with E-state index in [0.717, 1.165) is 50.8 Å². The van der Waals surface area contributed by atoms with Gasteiger partial charge in [-0.3, -0.25) is 9.69 Å².